The summed E-state index contributed by atoms with van der Waals surface area (Å²) < 4.78 is 0. The van der Waals surface area contributed by atoms with Crippen LogP contribution in [0.3, 0.4) is 0 Å². The van der Waals surface area contributed by atoms with E-state index in [1.807, 2.05) is 12.4 Å². The molecule has 0 atom stereocenters. The largest absolute Gasteiger partial charge is 0.360 e. The van der Waals surface area contributed by atoms with Gasteiger partial charge in [0.1, 0.15) is 0 Å². The summed E-state index contributed by atoms with van der Waals surface area (Å²) >= 11 is 0. The molecule has 0 radical (unpaired) electrons. The summed E-state index contributed by atoms with van der Waals surface area (Å²) in [5.74, 6) is 0. The Morgan fingerprint density at radius 3 is 1.48 bits per heavy atom. The van der Waals surface area contributed by atoms with Crippen LogP contribution < -0.4 is 0 Å². The van der Waals surface area contributed by atoms with Crippen LogP contribution in [0.4, 0.5) is 0 Å². The molecule has 0 aliphatic rings. The molecule has 2 heterocycles. The molecule has 0 aliphatic carbocycles. The van der Waals surface area contributed by atoms with Gasteiger partial charge in [0.15, 0.2) is 0 Å². The maximum Gasteiger partial charge on any atom is 0.0564 e. The first-order chi connectivity index (χ1) is 11.7. The number of nitrogens with zero attached hydrogens (tertiary/aromatic N) is 2. The minimum Gasteiger partial charge on any atom is -0.360 e. The van der Waals surface area contributed by atoms with Crippen LogP contribution in [0.2, 0.25) is 0 Å². The van der Waals surface area contributed by atoms with Gasteiger partial charge in [0, 0.05) is 37.9 Å². The molecule has 4 heteroatoms. The molecule has 2 rings (SSSR count). The van der Waals surface area contributed by atoms with Crippen LogP contribution >= 0.6 is 0 Å². The van der Waals surface area contributed by atoms with Gasteiger partial charge >= 0.3 is 0 Å². The first-order valence-corrected chi connectivity index (χ1v) is 9.04. The topological polar surface area (TPSA) is 56.3 Å². The van der Waals surface area contributed by atoms with Gasteiger partial charge in [-0.05, 0) is 40.5 Å². The third kappa shape index (κ3) is 6.04. The molecule has 136 valence electrons. The average molecular weight is 341 g/mol. The van der Waals surface area contributed by atoms with Gasteiger partial charge < -0.3 is 9.97 Å². The first kappa shape index (κ1) is 19.2. The number of aromatic nitrogens is 2. The minimum atomic E-state index is 0.169. The van der Waals surface area contributed by atoms with Crippen molar-refractivity contribution in [2.24, 2.45) is 9.98 Å². The molecule has 0 aliphatic heterocycles. The lowest BCUT2D eigenvalue weighted by Crippen LogP contribution is -2.09. The van der Waals surface area contributed by atoms with E-state index in [-0.39, 0.29) is 10.8 Å². The third-order valence-electron chi connectivity index (χ3n) is 4.18. The van der Waals surface area contributed by atoms with Crippen molar-refractivity contribution in [3.05, 3.63) is 47.0 Å². The Kier molecular flexibility index (Phi) is 6.04. The van der Waals surface area contributed by atoms with E-state index in [0.717, 1.165) is 30.9 Å². The Bertz CT molecular complexity index is 655. The monoisotopic (exact) mass is 340 g/mol. The van der Waals surface area contributed by atoms with E-state index in [1.165, 1.54) is 11.1 Å². The van der Waals surface area contributed by atoms with E-state index in [0.29, 0.717) is 0 Å². The predicted molar refractivity (Wildman–Crippen MR) is 109 cm³/mol. The van der Waals surface area contributed by atoms with Gasteiger partial charge in [-0.25, -0.2) is 0 Å². The van der Waals surface area contributed by atoms with Crippen molar-refractivity contribution in [1.82, 2.24) is 9.97 Å². The lowest BCUT2D eigenvalue weighted by Gasteiger charge is -2.15. The molecule has 0 fully saturated rings. The van der Waals surface area contributed by atoms with Gasteiger partial charge in [0.05, 0.1) is 11.4 Å². The average Bonchev–Trinajstić information content (AvgIpc) is 3.14. The van der Waals surface area contributed by atoms with Crippen molar-refractivity contribution in [2.45, 2.75) is 58.8 Å². The second kappa shape index (κ2) is 7.85. The summed E-state index contributed by atoms with van der Waals surface area (Å²) in [6.07, 6.45) is 8.91. The molecule has 4 nitrogen and oxygen atoms in total. The summed E-state index contributed by atoms with van der Waals surface area (Å²) in [6, 6.07) is 4.33. The SMILES string of the molecule is CC(C)(C)c1c[nH]c(C=NCCCN=Cc2cc(C(C)(C)C)c[nH]2)c1. The minimum absolute atomic E-state index is 0.169. The van der Waals surface area contributed by atoms with E-state index < -0.39 is 0 Å². The van der Waals surface area contributed by atoms with Crippen LogP contribution in [0.25, 0.3) is 0 Å². The maximum atomic E-state index is 4.48. The van der Waals surface area contributed by atoms with E-state index >= 15 is 0 Å². The van der Waals surface area contributed by atoms with Gasteiger partial charge in [-0.15, -0.1) is 0 Å². The second-order valence-corrected chi connectivity index (χ2v) is 8.61. The van der Waals surface area contributed by atoms with Crippen molar-refractivity contribution in [2.75, 3.05) is 13.1 Å². The molecule has 0 bridgehead atoms. The standard InChI is InChI=1S/C21H32N4/c1-20(2,3)16-10-18(24-12-16)14-22-8-7-9-23-15-19-11-17(13-25-19)21(4,5)6/h10-15,24-25H,7-9H2,1-6H3. The Labute approximate surface area is 151 Å². The normalized spacial score (nSPS) is 13.4. The summed E-state index contributed by atoms with van der Waals surface area (Å²) in [5.41, 5.74) is 5.08. The maximum absolute atomic E-state index is 4.48. The quantitative estimate of drug-likeness (QED) is 0.557. The zero-order valence-corrected chi connectivity index (χ0v) is 16.5. The fraction of sp³-hybridized carbons (Fsp3) is 0.524. The number of hydrogen-bond donors (Lipinski definition) is 2. The summed E-state index contributed by atoms with van der Waals surface area (Å²) in [6.45, 7) is 14.9. The highest BCUT2D eigenvalue weighted by Crippen LogP contribution is 2.22. The van der Waals surface area contributed by atoms with E-state index in [4.69, 9.17) is 0 Å². The van der Waals surface area contributed by atoms with Crippen LogP contribution in [0, 0.1) is 0 Å². The summed E-state index contributed by atoms with van der Waals surface area (Å²) in [5, 5.41) is 0. The van der Waals surface area contributed by atoms with Crippen LogP contribution in [0.15, 0.2) is 34.5 Å². The number of aliphatic imine (C=N–C) groups is 2. The van der Waals surface area contributed by atoms with Gasteiger partial charge in [-0.1, -0.05) is 41.5 Å². The van der Waals surface area contributed by atoms with Crippen molar-refractivity contribution in [3.63, 3.8) is 0 Å². The molecular formula is C21H32N4. The highest BCUT2D eigenvalue weighted by atomic mass is 14.8. The smallest absolute Gasteiger partial charge is 0.0564 e. The van der Waals surface area contributed by atoms with Crippen molar-refractivity contribution in [3.8, 4) is 0 Å². The zero-order chi connectivity index (χ0) is 18.5. The van der Waals surface area contributed by atoms with Crippen LogP contribution in [0.1, 0.15) is 70.5 Å². The van der Waals surface area contributed by atoms with Crippen LogP contribution in [-0.4, -0.2) is 35.5 Å². The Morgan fingerprint density at radius 2 is 1.16 bits per heavy atom. The van der Waals surface area contributed by atoms with Crippen molar-refractivity contribution >= 4 is 12.4 Å². The molecule has 0 unspecified atom stereocenters. The second-order valence-electron chi connectivity index (χ2n) is 8.61. The summed E-state index contributed by atoms with van der Waals surface area (Å²) in [7, 11) is 0. The highest BCUT2D eigenvalue weighted by molar-refractivity contribution is 5.78. The molecule has 25 heavy (non-hydrogen) atoms. The highest BCUT2D eigenvalue weighted by Gasteiger charge is 2.15. The van der Waals surface area contributed by atoms with E-state index in [9.17, 15) is 0 Å². The molecule has 0 spiro atoms. The lowest BCUT2D eigenvalue weighted by molar-refractivity contribution is 0.591. The zero-order valence-electron chi connectivity index (χ0n) is 16.5. The van der Waals surface area contributed by atoms with Crippen LogP contribution in [0.5, 0.6) is 0 Å². The first-order valence-electron chi connectivity index (χ1n) is 9.04. The molecule has 2 aromatic heterocycles. The number of hydrogen-bond acceptors (Lipinski definition) is 2. The van der Waals surface area contributed by atoms with E-state index in [1.54, 1.807) is 0 Å². The fourth-order valence-electron chi connectivity index (χ4n) is 2.42. The number of aromatic amines is 2. The molecule has 2 aromatic rings. The summed E-state index contributed by atoms with van der Waals surface area (Å²) in [4.78, 5) is 15.5. The van der Waals surface area contributed by atoms with Gasteiger partial charge in [0.2, 0.25) is 0 Å². The Balaban J connectivity index is 1.72. The fourth-order valence-corrected chi connectivity index (χ4v) is 2.42. The Hall–Kier alpha value is -2.10. The molecule has 0 amide bonds. The molecule has 0 saturated heterocycles. The van der Waals surface area contributed by atoms with Crippen LogP contribution in [-0.2, 0) is 10.8 Å². The molecule has 0 aromatic carbocycles. The molecule has 0 saturated carbocycles. The number of H-pyrrole nitrogens is 2. The third-order valence-corrected chi connectivity index (χ3v) is 4.18. The van der Waals surface area contributed by atoms with Crippen molar-refractivity contribution < 1.29 is 0 Å². The van der Waals surface area contributed by atoms with Gasteiger partial charge in [-0.2, -0.15) is 0 Å². The predicted octanol–water partition coefficient (Wildman–Crippen LogP) is 4.87. The number of nitrogens with one attached hydrogen (secondary N) is 2. The number of rotatable bonds is 6. The molecular weight excluding hydrogens is 308 g/mol. The molecule has 2 N–H and O–H groups in total. The van der Waals surface area contributed by atoms with Crippen molar-refractivity contribution in [1.29, 1.82) is 0 Å². The van der Waals surface area contributed by atoms with Gasteiger partial charge in [-0.3, -0.25) is 9.98 Å². The van der Waals surface area contributed by atoms with E-state index in [2.05, 4.69) is 86.0 Å². The van der Waals surface area contributed by atoms with Gasteiger partial charge in [0.25, 0.3) is 0 Å². The lowest BCUT2D eigenvalue weighted by atomic mass is 9.89. The Morgan fingerprint density at radius 1 is 0.760 bits per heavy atom.